The smallest absolute Gasteiger partial charge is 0.325 e. The number of likely N-dealkylation sites (tertiary alicyclic amines) is 1. The van der Waals surface area contributed by atoms with Gasteiger partial charge in [0.1, 0.15) is 6.54 Å². The number of ether oxygens (including phenoxy) is 3. The van der Waals surface area contributed by atoms with Crippen molar-refractivity contribution >= 4 is 23.6 Å². The number of urea groups is 1. The van der Waals surface area contributed by atoms with Gasteiger partial charge < -0.3 is 35.3 Å². The van der Waals surface area contributed by atoms with E-state index in [2.05, 4.69) is 27.8 Å². The fourth-order valence-corrected chi connectivity index (χ4v) is 7.53. The third-order valence-corrected chi connectivity index (χ3v) is 9.96. The van der Waals surface area contributed by atoms with Crippen LogP contribution in [0.25, 0.3) is 0 Å². The fourth-order valence-electron chi connectivity index (χ4n) is 7.53. The van der Waals surface area contributed by atoms with E-state index in [1.54, 1.807) is 19.1 Å². The Balaban J connectivity index is 1.38. The average Bonchev–Trinajstić information content (AvgIpc) is 3.08. The third kappa shape index (κ3) is 9.60. The first-order valence-electron chi connectivity index (χ1n) is 17.8. The molecule has 7 atom stereocenters. The van der Waals surface area contributed by atoms with Crippen LogP contribution in [-0.2, 0) is 30.4 Å². The first-order valence-corrected chi connectivity index (χ1v) is 17.8. The van der Waals surface area contributed by atoms with Crippen LogP contribution in [0.3, 0.4) is 0 Å². The van der Waals surface area contributed by atoms with Crippen LogP contribution in [0, 0.1) is 11.8 Å². The standard InChI is InChI=1S/C38H54N4O7/c1-6-47-33(44)21-39-37(46)40-29-18-15-28(16-19-29)36-48-32(24(2)34(49-36)27-13-11-25(23-43)12-14-27)22-42-30-10-8-7-9-26(30)17-20-31(42)35(45)41-38(3,4)5/h11-16,18-19,24,26,30-32,34,36,43H,6-10,17,20-23H2,1-5H3,(H,41,45)(H2,39,40,46). The molecule has 0 aromatic heterocycles. The highest BCUT2D eigenvalue weighted by atomic mass is 16.7. The molecule has 49 heavy (non-hydrogen) atoms. The number of nitrogens with zero attached hydrogens (tertiary/aromatic N) is 1. The SMILES string of the molecule is CCOC(=O)CNC(=O)Nc1ccc(C2OC(CN3C(C(=O)NC(C)(C)C)CCC4CCCCC43)C(C)C(c3ccc(CO)cc3)O2)cc1. The zero-order valence-corrected chi connectivity index (χ0v) is 29.6. The lowest BCUT2D eigenvalue weighted by Gasteiger charge is -2.51. The number of rotatable bonds is 10. The topological polar surface area (TPSA) is 138 Å². The maximum absolute atomic E-state index is 13.8. The van der Waals surface area contributed by atoms with E-state index in [1.807, 2.05) is 57.2 Å². The Labute approximate surface area is 290 Å². The monoisotopic (exact) mass is 678 g/mol. The number of anilines is 1. The number of hydrogen-bond acceptors (Lipinski definition) is 8. The molecule has 11 nitrogen and oxygen atoms in total. The van der Waals surface area contributed by atoms with E-state index in [0.717, 1.165) is 36.0 Å². The number of aliphatic hydroxyl groups excluding tert-OH is 1. The van der Waals surface area contributed by atoms with E-state index in [9.17, 15) is 19.5 Å². The number of carbonyl (C=O) groups is 3. The highest BCUT2D eigenvalue weighted by Crippen LogP contribution is 2.44. The van der Waals surface area contributed by atoms with Gasteiger partial charge in [0.25, 0.3) is 0 Å². The fraction of sp³-hybridized carbons (Fsp3) is 0.605. The molecule has 5 rings (SSSR count). The molecule has 2 saturated heterocycles. The van der Waals surface area contributed by atoms with Gasteiger partial charge >= 0.3 is 12.0 Å². The van der Waals surface area contributed by atoms with Crippen LogP contribution in [0.5, 0.6) is 0 Å². The molecular weight excluding hydrogens is 624 g/mol. The summed E-state index contributed by atoms with van der Waals surface area (Å²) in [5, 5.41) is 18.1. The third-order valence-electron chi connectivity index (χ3n) is 9.96. The summed E-state index contributed by atoms with van der Waals surface area (Å²) < 4.78 is 18.4. The lowest BCUT2D eigenvalue weighted by Crippen LogP contribution is -2.61. The molecule has 0 bridgehead atoms. The minimum absolute atomic E-state index is 0.0319. The number of nitrogens with one attached hydrogen (secondary N) is 3. The van der Waals surface area contributed by atoms with Crippen LogP contribution >= 0.6 is 0 Å². The van der Waals surface area contributed by atoms with Gasteiger partial charge in [0.2, 0.25) is 5.91 Å². The highest BCUT2D eigenvalue weighted by molar-refractivity contribution is 5.91. The van der Waals surface area contributed by atoms with Crippen molar-refractivity contribution in [3.8, 4) is 0 Å². The summed E-state index contributed by atoms with van der Waals surface area (Å²) >= 11 is 0. The lowest BCUT2D eigenvalue weighted by atomic mass is 9.75. The van der Waals surface area contributed by atoms with Crippen molar-refractivity contribution in [2.75, 3.05) is 25.0 Å². The van der Waals surface area contributed by atoms with E-state index in [1.165, 1.54) is 19.3 Å². The van der Waals surface area contributed by atoms with Crippen LogP contribution in [0.2, 0.25) is 0 Å². The molecule has 7 unspecified atom stereocenters. The summed E-state index contributed by atoms with van der Waals surface area (Å²) in [4.78, 5) is 40.2. The maximum atomic E-state index is 13.8. The summed E-state index contributed by atoms with van der Waals surface area (Å²) in [5.74, 6) is 0.122. The molecule has 1 saturated carbocycles. The molecule has 2 heterocycles. The number of esters is 1. The van der Waals surface area contributed by atoms with Gasteiger partial charge in [-0.2, -0.15) is 0 Å². The number of benzene rings is 2. The summed E-state index contributed by atoms with van der Waals surface area (Å²) in [5.41, 5.74) is 2.84. The number of fused-ring (bicyclic) bond motifs is 1. The quantitative estimate of drug-likeness (QED) is 0.239. The second kappa shape index (κ2) is 16.5. The molecule has 2 aromatic rings. The van der Waals surface area contributed by atoms with Crippen molar-refractivity contribution in [2.24, 2.45) is 11.8 Å². The number of carbonyl (C=O) groups excluding carboxylic acids is 3. The van der Waals surface area contributed by atoms with Crippen LogP contribution < -0.4 is 16.0 Å². The summed E-state index contributed by atoms with van der Waals surface area (Å²) in [6.07, 6.45) is 5.36. The molecule has 2 aromatic carbocycles. The molecule has 3 amide bonds. The second-order valence-corrected chi connectivity index (χ2v) is 14.7. The minimum Gasteiger partial charge on any atom is -0.465 e. The Hall–Kier alpha value is -3.51. The van der Waals surface area contributed by atoms with Crippen molar-refractivity contribution < 1.29 is 33.7 Å². The van der Waals surface area contributed by atoms with Crippen LogP contribution in [-0.4, -0.2) is 71.3 Å². The molecule has 3 aliphatic rings. The van der Waals surface area contributed by atoms with Gasteiger partial charge in [-0.25, -0.2) is 4.79 Å². The van der Waals surface area contributed by atoms with E-state index >= 15 is 0 Å². The van der Waals surface area contributed by atoms with Gasteiger partial charge in [0.05, 0.1) is 31.5 Å². The summed E-state index contributed by atoms with van der Waals surface area (Å²) in [6.45, 7) is 10.5. The van der Waals surface area contributed by atoms with Crippen LogP contribution in [0.1, 0.15) is 102 Å². The van der Waals surface area contributed by atoms with Crippen molar-refractivity contribution in [1.82, 2.24) is 15.5 Å². The Bertz CT molecular complexity index is 1410. The summed E-state index contributed by atoms with van der Waals surface area (Å²) in [7, 11) is 0. The van der Waals surface area contributed by atoms with Crippen LogP contribution in [0.4, 0.5) is 10.5 Å². The highest BCUT2D eigenvalue weighted by Gasteiger charge is 2.46. The predicted molar refractivity (Wildman–Crippen MR) is 186 cm³/mol. The normalized spacial score (nSPS) is 27.4. The van der Waals surface area contributed by atoms with Gasteiger partial charge in [-0.05, 0) is 82.6 Å². The van der Waals surface area contributed by atoms with Crippen molar-refractivity contribution in [2.45, 2.75) is 116 Å². The Morgan fingerprint density at radius 2 is 1.63 bits per heavy atom. The van der Waals surface area contributed by atoms with Gasteiger partial charge in [-0.3, -0.25) is 14.5 Å². The number of amides is 3. The van der Waals surface area contributed by atoms with E-state index in [0.29, 0.717) is 24.2 Å². The summed E-state index contributed by atoms with van der Waals surface area (Å²) in [6, 6.07) is 14.7. The van der Waals surface area contributed by atoms with Gasteiger partial charge in [0, 0.05) is 35.3 Å². The largest absolute Gasteiger partial charge is 0.465 e. The zero-order chi connectivity index (χ0) is 35.1. The van der Waals surface area contributed by atoms with Gasteiger partial charge in [0.15, 0.2) is 6.29 Å². The minimum atomic E-state index is -0.691. The molecule has 0 radical (unpaired) electrons. The molecule has 3 fully saturated rings. The zero-order valence-electron chi connectivity index (χ0n) is 29.6. The predicted octanol–water partition coefficient (Wildman–Crippen LogP) is 5.59. The van der Waals surface area contributed by atoms with Crippen LogP contribution in [0.15, 0.2) is 48.5 Å². The lowest BCUT2D eigenvalue weighted by molar-refractivity contribution is -0.278. The van der Waals surface area contributed by atoms with E-state index in [-0.39, 0.29) is 55.4 Å². The number of aliphatic hydroxyl groups is 1. The molecular formula is C38H54N4O7. The van der Waals surface area contributed by atoms with Crippen molar-refractivity contribution in [3.63, 3.8) is 0 Å². The Kier molecular flexibility index (Phi) is 12.4. The molecule has 1 aliphatic carbocycles. The van der Waals surface area contributed by atoms with Gasteiger partial charge in [-0.1, -0.05) is 56.2 Å². The van der Waals surface area contributed by atoms with E-state index < -0.39 is 18.3 Å². The average molecular weight is 679 g/mol. The van der Waals surface area contributed by atoms with Crippen molar-refractivity contribution in [3.05, 3.63) is 65.2 Å². The number of hydrogen-bond donors (Lipinski definition) is 4. The van der Waals surface area contributed by atoms with Crippen molar-refractivity contribution in [1.29, 1.82) is 0 Å². The molecule has 4 N–H and O–H groups in total. The molecule has 11 heteroatoms. The first-order chi connectivity index (χ1) is 23.5. The van der Waals surface area contributed by atoms with E-state index in [4.69, 9.17) is 14.2 Å². The Morgan fingerprint density at radius 1 is 0.939 bits per heavy atom. The van der Waals surface area contributed by atoms with Gasteiger partial charge in [-0.15, -0.1) is 0 Å². The molecule has 268 valence electrons. The number of piperidine rings is 1. The maximum Gasteiger partial charge on any atom is 0.325 e. The molecule has 2 aliphatic heterocycles. The Morgan fingerprint density at radius 3 is 2.31 bits per heavy atom. The first kappa shape index (κ1) is 36.8. The molecule has 0 spiro atoms. The second-order valence-electron chi connectivity index (χ2n) is 14.7.